The molecule has 2 rings (SSSR count). The summed E-state index contributed by atoms with van der Waals surface area (Å²) in [5, 5.41) is 3.78. The average Bonchev–Trinajstić information content (AvgIpc) is 2.38. The summed E-state index contributed by atoms with van der Waals surface area (Å²) in [5.41, 5.74) is 2.35. The Bertz CT molecular complexity index is 714. The zero-order valence-corrected chi connectivity index (χ0v) is 11.7. The molecule has 0 saturated carbocycles. The van der Waals surface area contributed by atoms with Gasteiger partial charge in [0.2, 0.25) is 11.5 Å². The second kappa shape index (κ2) is 6.19. The lowest BCUT2D eigenvalue weighted by Crippen LogP contribution is -2.09. The zero-order chi connectivity index (χ0) is 14.5. The summed E-state index contributed by atoms with van der Waals surface area (Å²) in [4.78, 5) is 26.0. The maximum atomic E-state index is 11.7. The number of fused-ring (bicyclic) bond motifs is 1. The standard InChI is InChI=1S/C16H18N2O2/c1-3-5-11-9-16(20)18-14-10-12(7-8-13(11)14)17-15(19)6-4-2/h4,6-10H,3,5H2,1-2H3,(H,17,19)(H,18,20)/b6-4-. The summed E-state index contributed by atoms with van der Waals surface area (Å²) in [5.74, 6) is -0.182. The first-order valence-electron chi connectivity index (χ1n) is 6.73. The molecule has 0 aliphatic rings. The van der Waals surface area contributed by atoms with E-state index in [9.17, 15) is 9.59 Å². The minimum Gasteiger partial charge on any atom is -0.322 e. The van der Waals surface area contributed by atoms with Gasteiger partial charge in [0.25, 0.3) is 0 Å². The highest BCUT2D eigenvalue weighted by Crippen LogP contribution is 2.20. The molecule has 20 heavy (non-hydrogen) atoms. The molecule has 0 fully saturated rings. The van der Waals surface area contributed by atoms with Crippen LogP contribution in [0.3, 0.4) is 0 Å². The highest BCUT2D eigenvalue weighted by Gasteiger charge is 2.05. The van der Waals surface area contributed by atoms with E-state index in [4.69, 9.17) is 0 Å². The number of benzene rings is 1. The van der Waals surface area contributed by atoms with Gasteiger partial charge >= 0.3 is 0 Å². The SMILES string of the molecule is C/C=C\C(=O)Nc1ccc2c(CCC)cc(=O)[nH]c2c1. The van der Waals surface area contributed by atoms with Crippen LogP contribution in [0.4, 0.5) is 5.69 Å². The van der Waals surface area contributed by atoms with E-state index in [1.807, 2.05) is 12.1 Å². The molecule has 1 amide bonds. The summed E-state index contributed by atoms with van der Waals surface area (Å²) < 4.78 is 0. The fourth-order valence-electron chi connectivity index (χ4n) is 2.22. The number of aryl methyl sites for hydroxylation is 1. The molecule has 0 saturated heterocycles. The van der Waals surface area contributed by atoms with Gasteiger partial charge in [0.1, 0.15) is 0 Å². The first-order valence-corrected chi connectivity index (χ1v) is 6.73. The van der Waals surface area contributed by atoms with Crippen LogP contribution in [-0.2, 0) is 11.2 Å². The van der Waals surface area contributed by atoms with E-state index in [2.05, 4.69) is 17.2 Å². The first-order chi connectivity index (χ1) is 9.63. The molecule has 0 bridgehead atoms. The predicted octanol–water partition coefficient (Wildman–Crippen LogP) is 3.00. The minimum absolute atomic E-state index is 0.113. The van der Waals surface area contributed by atoms with Crippen LogP contribution < -0.4 is 10.9 Å². The molecule has 2 N–H and O–H groups in total. The number of nitrogens with one attached hydrogen (secondary N) is 2. The Balaban J connectivity index is 2.43. The van der Waals surface area contributed by atoms with Crippen LogP contribution in [-0.4, -0.2) is 10.9 Å². The molecule has 1 heterocycles. The summed E-state index contributed by atoms with van der Waals surface area (Å²) in [6, 6.07) is 7.21. The molecule has 0 aliphatic carbocycles. The van der Waals surface area contributed by atoms with Crippen LogP contribution in [0.5, 0.6) is 0 Å². The number of pyridine rings is 1. The predicted molar refractivity (Wildman–Crippen MR) is 82.0 cm³/mol. The Morgan fingerprint density at radius 1 is 1.35 bits per heavy atom. The van der Waals surface area contributed by atoms with Gasteiger partial charge < -0.3 is 10.3 Å². The fraction of sp³-hybridized carbons (Fsp3) is 0.250. The van der Waals surface area contributed by atoms with Crippen molar-refractivity contribution in [1.82, 2.24) is 4.98 Å². The first kappa shape index (κ1) is 14.1. The van der Waals surface area contributed by atoms with Crippen LogP contribution in [0.25, 0.3) is 10.9 Å². The molecular weight excluding hydrogens is 252 g/mol. The lowest BCUT2D eigenvalue weighted by atomic mass is 10.0. The summed E-state index contributed by atoms with van der Waals surface area (Å²) in [6.45, 7) is 3.87. The van der Waals surface area contributed by atoms with Crippen LogP contribution in [0.1, 0.15) is 25.8 Å². The van der Waals surface area contributed by atoms with E-state index in [0.717, 1.165) is 29.3 Å². The molecule has 1 aromatic heterocycles. The Labute approximate surface area is 117 Å². The molecule has 4 heteroatoms. The molecule has 0 aliphatic heterocycles. The number of carbonyl (C=O) groups excluding carboxylic acids is 1. The summed E-state index contributed by atoms with van der Waals surface area (Å²) in [7, 11) is 0. The number of hydrogen-bond acceptors (Lipinski definition) is 2. The quantitative estimate of drug-likeness (QED) is 0.839. The van der Waals surface area contributed by atoms with Gasteiger partial charge in [-0.15, -0.1) is 0 Å². The molecule has 2 aromatic rings. The van der Waals surface area contributed by atoms with Gasteiger partial charge in [-0.1, -0.05) is 25.5 Å². The number of aromatic nitrogens is 1. The Hall–Kier alpha value is -2.36. The lowest BCUT2D eigenvalue weighted by molar-refractivity contribution is -0.111. The van der Waals surface area contributed by atoms with Crippen molar-refractivity contribution in [3.05, 3.63) is 52.3 Å². The van der Waals surface area contributed by atoms with Crippen molar-refractivity contribution in [2.45, 2.75) is 26.7 Å². The molecule has 1 aromatic carbocycles. The topological polar surface area (TPSA) is 62.0 Å². The third kappa shape index (κ3) is 3.15. The second-order valence-corrected chi connectivity index (χ2v) is 4.66. The average molecular weight is 270 g/mol. The van der Waals surface area contributed by atoms with Gasteiger partial charge in [0.15, 0.2) is 0 Å². The Morgan fingerprint density at radius 3 is 2.85 bits per heavy atom. The maximum absolute atomic E-state index is 11.7. The van der Waals surface area contributed by atoms with Crippen LogP contribution in [0.15, 0.2) is 41.2 Å². The number of H-pyrrole nitrogens is 1. The van der Waals surface area contributed by atoms with Crippen molar-refractivity contribution >= 4 is 22.5 Å². The van der Waals surface area contributed by atoms with Gasteiger partial charge in [0.05, 0.1) is 5.52 Å². The van der Waals surface area contributed by atoms with Crippen molar-refractivity contribution in [3.63, 3.8) is 0 Å². The number of aromatic amines is 1. The molecule has 104 valence electrons. The van der Waals surface area contributed by atoms with Gasteiger partial charge in [-0.2, -0.15) is 0 Å². The number of hydrogen-bond donors (Lipinski definition) is 2. The van der Waals surface area contributed by atoms with Gasteiger partial charge in [-0.05, 0) is 37.1 Å². The van der Waals surface area contributed by atoms with Gasteiger partial charge in [-0.3, -0.25) is 9.59 Å². The van der Waals surface area contributed by atoms with E-state index in [1.54, 1.807) is 25.1 Å². The third-order valence-corrected chi connectivity index (χ3v) is 3.03. The number of anilines is 1. The van der Waals surface area contributed by atoms with Crippen LogP contribution in [0, 0.1) is 0 Å². The highest BCUT2D eigenvalue weighted by molar-refractivity contribution is 6.00. The Morgan fingerprint density at radius 2 is 2.15 bits per heavy atom. The van der Waals surface area contributed by atoms with Gasteiger partial charge in [-0.25, -0.2) is 0 Å². The normalized spacial score (nSPS) is 11.1. The fourth-order valence-corrected chi connectivity index (χ4v) is 2.22. The van der Waals surface area contributed by atoms with Crippen LogP contribution in [0.2, 0.25) is 0 Å². The number of allylic oxidation sites excluding steroid dienone is 1. The molecule has 0 unspecified atom stereocenters. The van der Waals surface area contributed by atoms with Gasteiger partial charge in [0, 0.05) is 17.1 Å². The van der Waals surface area contributed by atoms with E-state index in [0.29, 0.717) is 5.69 Å². The molecule has 4 nitrogen and oxygen atoms in total. The minimum atomic E-state index is -0.182. The molecular formula is C16H18N2O2. The third-order valence-electron chi connectivity index (χ3n) is 3.03. The lowest BCUT2D eigenvalue weighted by Gasteiger charge is -2.08. The van der Waals surface area contributed by atoms with Crippen molar-refractivity contribution in [1.29, 1.82) is 0 Å². The van der Waals surface area contributed by atoms with Crippen molar-refractivity contribution in [2.75, 3.05) is 5.32 Å². The smallest absolute Gasteiger partial charge is 0.248 e. The van der Waals surface area contributed by atoms with E-state index in [1.165, 1.54) is 6.08 Å². The van der Waals surface area contributed by atoms with Crippen molar-refractivity contribution < 1.29 is 4.79 Å². The van der Waals surface area contributed by atoms with Crippen molar-refractivity contribution in [3.8, 4) is 0 Å². The maximum Gasteiger partial charge on any atom is 0.248 e. The van der Waals surface area contributed by atoms with E-state index in [-0.39, 0.29) is 11.5 Å². The van der Waals surface area contributed by atoms with Crippen LogP contribution >= 0.6 is 0 Å². The molecule has 0 spiro atoms. The molecule has 0 atom stereocenters. The number of rotatable bonds is 4. The Kier molecular flexibility index (Phi) is 4.35. The second-order valence-electron chi connectivity index (χ2n) is 4.66. The summed E-state index contributed by atoms with van der Waals surface area (Å²) in [6.07, 6.45) is 4.99. The highest BCUT2D eigenvalue weighted by atomic mass is 16.1. The van der Waals surface area contributed by atoms with Crippen molar-refractivity contribution in [2.24, 2.45) is 0 Å². The van der Waals surface area contributed by atoms with E-state index >= 15 is 0 Å². The molecule has 0 radical (unpaired) electrons. The number of carbonyl (C=O) groups is 1. The monoisotopic (exact) mass is 270 g/mol. The zero-order valence-electron chi connectivity index (χ0n) is 11.7. The van der Waals surface area contributed by atoms with E-state index < -0.39 is 0 Å². The largest absolute Gasteiger partial charge is 0.322 e. The number of amides is 1. The summed E-state index contributed by atoms with van der Waals surface area (Å²) >= 11 is 0.